The lowest BCUT2D eigenvalue weighted by atomic mass is 9.97. The van der Waals surface area contributed by atoms with Crippen LogP contribution in [0.2, 0.25) is 0 Å². The van der Waals surface area contributed by atoms with Gasteiger partial charge in [-0.1, -0.05) is 18.1 Å². The van der Waals surface area contributed by atoms with E-state index in [2.05, 4.69) is 28.5 Å². The molecule has 2 N–H and O–H groups in total. The number of likely N-dealkylation sites (tertiary alicyclic amines) is 1. The molecular formula is C17H29N3O2. The molecular weight excluding hydrogens is 278 g/mol. The fraction of sp³-hybridized carbons (Fsp3) is 0.765. The van der Waals surface area contributed by atoms with Crippen molar-refractivity contribution in [1.82, 2.24) is 15.5 Å². The summed E-state index contributed by atoms with van der Waals surface area (Å²) in [6.07, 6.45) is 11.5. The van der Waals surface area contributed by atoms with E-state index < -0.39 is 0 Å². The molecule has 1 atom stereocenters. The number of imide groups is 1. The molecule has 2 rings (SSSR count). The Kier molecular flexibility index (Phi) is 6.90. The first-order valence-corrected chi connectivity index (χ1v) is 8.65. The number of amides is 3. The second kappa shape index (κ2) is 8.93. The van der Waals surface area contributed by atoms with E-state index in [9.17, 15) is 9.59 Å². The third-order valence-corrected chi connectivity index (χ3v) is 4.66. The Labute approximate surface area is 133 Å². The minimum absolute atomic E-state index is 0.205. The minimum atomic E-state index is -0.369. The molecule has 0 saturated carbocycles. The molecule has 0 bridgehead atoms. The zero-order valence-corrected chi connectivity index (χ0v) is 13.7. The van der Waals surface area contributed by atoms with Gasteiger partial charge in [-0.2, -0.15) is 0 Å². The summed E-state index contributed by atoms with van der Waals surface area (Å²) in [6, 6.07) is 0.0619. The summed E-state index contributed by atoms with van der Waals surface area (Å²) in [7, 11) is 0. The van der Waals surface area contributed by atoms with Gasteiger partial charge in [-0.25, -0.2) is 4.79 Å². The van der Waals surface area contributed by atoms with Crippen molar-refractivity contribution in [2.45, 2.75) is 64.3 Å². The molecule has 0 aromatic heterocycles. The largest absolute Gasteiger partial charge is 0.337 e. The van der Waals surface area contributed by atoms with Gasteiger partial charge in [-0.3, -0.25) is 15.0 Å². The molecule has 1 saturated heterocycles. The highest BCUT2D eigenvalue weighted by atomic mass is 16.2. The van der Waals surface area contributed by atoms with Gasteiger partial charge in [0.1, 0.15) is 0 Å². The van der Waals surface area contributed by atoms with Gasteiger partial charge in [0.05, 0.1) is 6.54 Å². The van der Waals surface area contributed by atoms with Crippen LogP contribution < -0.4 is 10.6 Å². The highest BCUT2D eigenvalue weighted by Gasteiger charge is 2.21. The van der Waals surface area contributed by atoms with E-state index in [1.165, 1.54) is 24.8 Å². The zero-order valence-electron chi connectivity index (χ0n) is 13.7. The quantitative estimate of drug-likeness (QED) is 0.767. The first-order chi connectivity index (χ1) is 10.6. The Morgan fingerprint density at radius 1 is 1.27 bits per heavy atom. The van der Waals surface area contributed by atoms with Gasteiger partial charge in [-0.05, 0) is 58.4 Å². The van der Waals surface area contributed by atoms with Gasteiger partial charge >= 0.3 is 6.03 Å². The van der Waals surface area contributed by atoms with E-state index in [0.717, 1.165) is 38.6 Å². The predicted molar refractivity (Wildman–Crippen MR) is 87.6 cm³/mol. The van der Waals surface area contributed by atoms with Crippen LogP contribution in [-0.4, -0.2) is 42.5 Å². The maximum Gasteiger partial charge on any atom is 0.321 e. The normalized spacial score (nSPS) is 22.8. The Morgan fingerprint density at radius 2 is 2.14 bits per heavy atom. The van der Waals surface area contributed by atoms with E-state index >= 15 is 0 Å². The number of nitrogens with zero attached hydrogens (tertiary/aromatic N) is 1. The number of hydrogen-bond donors (Lipinski definition) is 2. The van der Waals surface area contributed by atoms with Crippen molar-refractivity contribution < 1.29 is 9.59 Å². The molecule has 124 valence electrons. The third-order valence-electron chi connectivity index (χ3n) is 4.66. The van der Waals surface area contributed by atoms with Crippen LogP contribution in [0.25, 0.3) is 0 Å². The lowest BCUT2D eigenvalue weighted by Gasteiger charge is -2.32. The lowest BCUT2D eigenvalue weighted by Crippen LogP contribution is -2.48. The molecule has 0 aromatic rings. The zero-order chi connectivity index (χ0) is 15.8. The minimum Gasteiger partial charge on any atom is -0.337 e. The molecule has 1 heterocycles. The highest BCUT2D eigenvalue weighted by Crippen LogP contribution is 2.19. The van der Waals surface area contributed by atoms with Gasteiger partial charge in [0, 0.05) is 12.6 Å². The van der Waals surface area contributed by atoms with Gasteiger partial charge in [0.25, 0.3) is 0 Å². The van der Waals surface area contributed by atoms with E-state index in [4.69, 9.17) is 0 Å². The standard InChI is InChI=1S/C17H29N3O2/c1-14-7-5-6-12-20(14)13-16(21)19-17(22)18-11-10-15-8-3-2-4-9-15/h8,14H,2-7,9-13H2,1H3,(H2,18,19,21,22). The smallest absolute Gasteiger partial charge is 0.321 e. The fourth-order valence-electron chi connectivity index (χ4n) is 3.26. The SMILES string of the molecule is CC1CCCCN1CC(=O)NC(=O)NCCC1=CCCCC1. The first kappa shape index (κ1) is 17.0. The van der Waals surface area contributed by atoms with E-state index in [1.54, 1.807) is 0 Å². The monoisotopic (exact) mass is 307 g/mol. The summed E-state index contributed by atoms with van der Waals surface area (Å²) >= 11 is 0. The van der Waals surface area contributed by atoms with Gasteiger partial charge < -0.3 is 5.32 Å². The number of carbonyl (C=O) groups is 2. The Morgan fingerprint density at radius 3 is 2.86 bits per heavy atom. The molecule has 0 radical (unpaired) electrons. The van der Waals surface area contributed by atoms with Gasteiger partial charge in [-0.15, -0.1) is 0 Å². The lowest BCUT2D eigenvalue weighted by molar-refractivity contribution is -0.122. The van der Waals surface area contributed by atoms with Gasteiger partial charge in [0.15, 0.2) is 0 Å². The van der Waals surface area contributed by atoms with Crippen LogP contribution in [0, 0.1) is 0 Å². The molecule has 5 nitrogen and oxygen atoms in total. The number of nitrogens with one attached hydrogen (secondary N) is 2. The Hall–Kier alpha value is -1.36. The first-order valence-electron chi connectivity index (χ1n) is 8.65. The van der Waals surface area contributed by atoms with Crippen LogP contribution in [0.4, 0.5) is 4.79 Å². The van der Waals surface area contributed by atoms with Crippen molar-refractivity contribution in [3.63, 3.8) is 0 Å². The van der Waals surface area contributed by atoms with Crippen molar-refractivity contribution in [3.05, 3.63) is 11.6 Å². The van der Waals surface area contributed by atoms with Crippen LogP contribution in [0.3, 0.4) is 0 Å². The Bertz CT molecular complexity index is 420. The van der Waals surface area contributed by atoms with Crippen LogP contribution in [-0.2, 0) is 4.79 Å². The summed E-state index contributed by atoms with van der Waals surface area (Å²) in [4.78, 5) is 25.8. The van der Waals surface area contributed by atoms with Crippen LogP contribution in [0.1, 0.15) is 58.3 Å². The maximum atomic E-state index is 11.9. The second-order valence-electron chi connectivity index (χ2n) is 6.48. The average molecular weight is 307 g/mol. The number of rotatable bonds is 5. The molecule has 5 heteroatoms. The summed E-state index contributed by atoms with van der Waals surface area (Å²) in [6.45, 7) is 4.01. The summed E-state index contributed by atoms with van der Waals surface area (Å²) in [5, 5.41) is 5.21. The number of carbonyl (C=O) groups excluding carboxylic acids is 2. The third kappa shape index (κ3) is 5.79. The predicted octanol–water partition coefficient (Wildman–Crippen LogP) is 2.58. The number of urea groups is 1. The molecule has 1 unspecified atom stereocenters. The highest BCUT2D eigenvalue weighted by molar-refractivity contribution is 5.95. The second-order valence-corrected chi connectivity index (χ2v) is 6.48. The summed E-state index contributed by atoms with van der Waals surface area (Å²) < 4.78 is 0. The van der Waals surface area contributed by atoms with Crippen LogP contribution in [0.15, 0.2) is 11.6 Å². The molecule has 0 spiro atoms. The molecule has 3 amide bonds. The van der Waals surface area contributed by atoms with Crippen molar-refractivity contribution in [2.75, 3.05) is 19.6 Å². The number of piperidine rings is 1. The molecule has 1 aliphatic carbocycles. The van der Waals surface area contributed by atoms with Crippen LogP contribution >= 0.6 is 0 Å². The Balaban J connectivity index is 1.61. The molecule has 1 fully saturated rings. The van der Waals surface area contributed by atoms with Crippen molar-refractivity contribution in [2.24, 2.45) is 0 Å². The number of allylic oxidation sites excluding steroid dienone is 1. The molecule has 0 aromatic carbocycles. The van der Waals surface area contributed by atoms with E-state index in [-0.39, 0.29) is 11.9 Å². The maximum absolute atomic E-state index is 11.9. The summed E-state index contributed by atoms with van der Waals surface area (Å²) in [5.74, 6) is -0.205. The average Bonchev–Trinajstić information content (AvgIpc) is 2.50. The van der Waals surface area contributed by atoms with Crippen LogP contribution in [0.5, 0.6) is 0 Å². The topological polar surface area (TPSA) is 61.4 Å². The number of hydrogen-bond acceptors (Lipinski definition) is 3. The molecule has 22 heavy (non-hydrogen) atoms. The van der Waals surface area contributed by atoms with Gasteiger partial charge in [0.2, 0.25) is 5.91 Å². The van der Waals surface area contributed by atoms with E-state index in [0.29, 0.717) is 19.1 Å². The van der Waals surface area contributed by atoms with E-state index in [1.807, 2.05) is 0 Å². The van der Waals surface area contributed by atoms with Crippen molar-refractivity contribution in [3.8, 4) is 0 Å². The van der Waals surface area contributed by atoms with Crippen molar-refractivity contribution in [1.29, 1.82) is 0 Å². The molecule has 2 aliphatic rings. The molecule has 1 aliphatic heterocycles. The summed E-state index contributed by atoms with van der Waals surface area (Å²) in [5.41, 5.74) is 1.43. The fourth-order valence-corrected chi connectivity index (χ4v) is 3.26. The van der Waals surface area contributed by atoms with Crippen molar-refractivity contribution >= 4 is 11.9 Å².